The molecule has 1 aromatic heterocycles. The first kappa shape index (κ1) is 10.5. The van der Waals surface area contributed by atoms with E-state index in [2.05, 4.69) is 9.59 Å². The van der Waals surface area contributed by atoms with E-state index in [0.717, 1.165) is 17.6 Å². The van der Waals surface area contributed by atoms with E-state index in [4.69, 9.17) is 23.2 Å². The summed E-state index contributed by atoms with van der Waals surface area (Å²) in [6.07, 6.45) is 0.996. The molecule has 0 aliphatic heterocycles. The lowest BCUT2D eigenvalue weighted by Gasteiger charge is -2.09. The molecule has 0 N–H and O–H groups in total. The van der Waals surface area contributed by atoms with Gasteiger partial charge in [0, 0.05) is 11.5 Å². The molecule has 0 amide bonds. The van der Waals surface area contributed by atoms with Crippen molar-refractivity contribution in [3.05, 3.63) is 27.2 Å². The van der Waals surface area contributed by atoms with E-state index in [1.807, 2.05) is 0 Å². The van der Waals surface area contributed by atoms with Crippen LogP contribution in [0.2, 0.25) is 0 Å². The minimum Gasteiger partial charge on any atom is -0.288 e. The standard InChI is InChI=1S/C8H2Cl2N2O2S/c9-3-1-5(13)7(10)6(8(3)14)4-2-15-12-11-4/h1-2H. The minimum atomic E-state index is -0.506. The molecule has 76 valence electrons. The van der Waals surface area contributed by atoms with Crippen LogP contribution in [0.4, 0.5) is 0 Å². The summed E-state index contributed by atoms with van der Waals surface area (Å²) in [5.74, 6) is -1.00. The Labute approximate surface area is 98.4 Å². The van der Waals surface area contributed by atoms with Gasteiger partial charge in [0.05, 0.1) is 10.6 Å². The first-order valence-corrected chi connectivity index (χ1v) is 5.34. The average molecular weight is 261 g/mol. The predicted octanol–water partition coefficient (Wildman–Crippen LogP) is 1.76. The molecule has 1 heterocycles. The van der Waals surface area contributed by atoms with Gasteiger partial charge in [-0.3, -0.25) is 9.59 Å². The van der Waals surface area contributed by atoms with E-state index in [0.29, 0.717) is 0 Å². The van der Waals surface area contributed by atoms with Crippen LogP contribution in [-0.2, 0) is 9.59 Å². The first-order valence-electron chi connectivity index (χ1n) is 3.74. The lowest BCUT2D eigenvalue weighted by atomic mass is 10.0. The first-order chi connectivity index (χ1) is 7.11. The molecule has 1 aromatic rings. The second-order valence-corrected chi connectivity index (χ2v) is 4.06. The fourth-order valence-corrected chi connectivity index (χ4v) is 1.97. The maximum Gasteiger partial charge on any atom is 0.208 e. The lowest BCUT2D eigenvalue weighted by Crippen LogP contribution is -2.14. The van der Waals surface area contributed by atoms with E-state index in [-0.39, 0.29) is 21.3 Å². The number of nitrogens with zero attached hydrogens (tertiary/aromatic N) is 2. The molecule has 2 rings (SSSR count). The normalized spacial score (nSPS) is 17.1. The lowest BCUT2D eigenvalue weighted by molar-refractivity contribution is -0.113. The number of aromatic nitrogens is 2. The van der Waals surface area contributed by atoms with Crippen molar-refractivity contribution in [2.75, 3.05) is 0 Å². The molecule has 0 radical (unpaired) electrons. The van der Waals surface area contributed by atoms with Crippen molar-refractivity contribution in [1.29, 1.82) is 0 Å². The molecule has 0 saturated carbocycles. The van der Waals surface area contributed by atoms with E-state index in [1.54, 1.807) is 0 Å². The van der Waals surface area contributed by atoms with E-state index >= 15 is 0 Å². The van der Waals surface area contributed by atoms with Gasteiger partial charge in [-0.2, -0.15) is 0 Å². The summed E-state index contributed by atoms with van der Waals surface area (Å²) in [6, 6.07) is 0. The number of carbonyl (C=O) groups excluding carboxylic acids is 2. The fourth-order valence-electron chi connectivity index (χ4n) is 1.09. The SMILES string of the molecule is O=C1C=C(Cl)C(=O)C(c2csnn2)=C1Cl. The van der Waals surface area contributed by atoms with Crippen LogP contribution in [0.5, 0.6) is 0 Å². The van der Waals surface area contributed by atoms with Gasteiger partial charge in [0.2, 0.25) is 5.78 Å². The fraction of sp³-hybridized carbons (Fsp3) is 0. The number of halogens is 2. The number of hydrogen-bond acceptors (Lipinski definition) is 5. The average Bonchev–Trinajstić information content (AvgIpc) is 2.69. The van der Waals surface area contributed by atoms with Crippen molar-refractivity contribution in [3.63, 3.8) is 0 Å². The second kappa shape index (κ2) is 3.84. The Hall–Kier alpha value is -1.04. The quantitative estimate of drug-likeness (QED) is 0.723. The predicted molar refractivity (Wildman–Crippen MR) is 56.6 cm³/mol. The summed E-state index contributed by atoms with van der Waals surface area (Å²) in [4.78, 5) is 22.9. The van der Waals surface area contributed by atoms with Crippen molar-refractivity contribution in [3.8, 4) is 0 Å². The Morgan fingerprint density at radius 2 is 2.00 bits per heavy atom. The van der Waals surface area contributed by atoms with Gasteiger partial charge >= 0.3 is 0 Å². The Morgan fingerprint density at radius 3 is 2.60 bits per heavy atom. The zero-order chi connectivity index (χ0) is 11.0. The van der Waals surface area contributed by atoms with Crippen LogP contribution < -0.4 is 0 Å². The number of rotatable bonds is 1. The van der Waals surface area contributed by atoms with Gasteiger partial charge < -0.3 is 0 Å². The van der Waals surface area contributed by atoms with Gasteiger partial charge in [-0.15, -0.1) is 5.10 Å². The Kier molecular flexibility index (Phi) is 2.68. The number of hydrogen-bond donors (Lipinski definition) is 0. The zero-order valence-electron chi connectivity index (χ0n) is 7.03. The highest BCUT2D eigenvalue weighted by molar-refractivity contribution is 7.03. The molecule has 1 aliphatic carbocycles. The smallest absolute Gasteiger partial charge is 0.208 e. The van der Waals surface area contributed by atoms with Crippen molar-refractivity contribution in [2.24, 2.45) is 0 Å². The third kappa shape index (κ3) is 1.73. The summed E-state index contributed by atoms with van der Waals surface area (Å²) in [5, 5.41) is 4.87. The monoisotopic (exact) mass is 260 g/mol. The molecule has 0 saturated heterocycles. The maximum absolute atomic E-state index is 11.6. The summed E-state index contributed by atoms with van der Waals surface area (Å²) < 4.78 is 3.59. The highest BCUT2D eigenvalue weighted by Crippen LogP contribution is 2.30. The number of ketones is 2. The summed E-state index contributed by atoms with van der Waals surface area (Å²) >= 11 is 12.4. The van der Waals surface area contributed by atoms with Gasteiger partial charge in [-0.1, -0.05) is 27.7 Å². The van der Waals surface area contributed by atoms with Gasteiger partial charge in [0.15, 0.2) is 5.78 Å². The van der Waals surface area contributed by atoms with E-state index in [9.17, 15) is 9.59 Å². The van der Waals surface area contributed by atoms with E-state index < -0.39 is 11.6 Å². The van der Waals surface area contributed by atoms with Crippen LogP contribution in [-0.4, -0.2) is 21.2 Å². The highest BCUT2D eigenvalue weighted by atomic mass is 35.5. The molecule has 0 fully saturated rings. The molecular weight excluding hydrogens is 259 g/mol. The molecule has 0 unspecified atom stereocenters. The van der Waals surface area contributed by atoms with Crippen LogP contribution >= 0.6 is 34.7 Å². The van der Waals surface area contributed by atoms with Crippen LogP contribution in [0.1, 0.15) is 5.69 Å². The van der Waals surface area contributed by atoms with E-state index in [1.165, 1.54) is 5.38 Å². The minimum absolute atomic E-state index is 0.0166. The van der Waals surface area contributed by atoms with Crippen LogP contribution in [0.3, 0.4) is 0 Å². The Bertz CT molecular complexity index is 505. The third-order valence-electron chi connectivity index (χ3n) is 1.75. The van der Waals surface area contributed by atoms with Crippen molar-refractivity contribution in [2.45, 2.75) is 0 Å². The maximum atomic E-state index is 11.6. The summed E-state index contributed by atoms with van der Waals surface area (Å²) in [6.45, 7) is 0. The Balaban J connectivity index is 2.59. The van der Waals surface area contributed by atoms with Crippen LogP contribution in [0, 0.1) is 0 Å². The van der Waals surface area contributed by atoms with Crippen LogP contribution in [0.25, 0.3) is 5.57 Å². The highest BCUT2D eigenvalue weighted by Gasteiger charge is 2.29. The summed E-state index contributed by atoms with van der Waals surface area (Å²) in [7, 11) is 0. The van der Waals surface area contributed by atoms with Crippen molar-refractivity contribution < 1.29 is 9.59 Å². The number of carbonyl (C=O) groups is 2. The zero-order valence-corrected chi connectivity index (χ0v) is 9.36. The largest absolute Gasteiger partial charge is 0.288 e. The molecule has 4 nitrogen and oxygen atoms in total. The molecule has 7 heteroatoms. The molecule has 1 aliphatic rings. The second-order valence-electron chi connectivity index (χ2n) is 2.66. The molecule has 0 atom stereocenters. The Morgan fingerprint density at radius 1 is 1.27 bits per heavy atom. The molecule has 0 bridgehead atoms. The van der Waals surface area contributed by atoms with Crippen LogP contribution in [0.15, 0.2) is 21.5 Å². The summed E-state index contributed by atoms with van der Waals surface area (Å²) in [5.41, 5.74) is 0.289. The van der Waals surface area contributed by atoms with Gasteiger partial charge in [-0.25, -0.2) is 0 Å². The molecular formula is C8H2Cl2N2O2S. The van der Waals surface area contributed by atoms with Gasteiger partial charge in [0.25, 0.3) is 0 Å². The van der Waals surface area contributed by atoms with Crippen molar-refractivity contribution >= 4 is 51.9 Å². The molecule has 0 spiro atoms. The number of allylic oxidation sites excluding steroid dienone is 4. The molecule has 15 heavy (non-hydrogen) atoms. The number of Topliss-reactive ketones (excluding diaryl/α,β-unsaturated/α-hetero) is 1. The van der Waals surface area contributed by atoms with Gasteiger partial charge in [0.1, 0.15) is 10.7 Å². The van der Waals surface area contributed by atoms with Crippen molar-refractivity contribution in [1.82, 2.24) is 9.59 Å². The third-order valence-corrected chi connectivity index (χ3v) is 2.91. The van der Waals surface area contributed by atoms with Gasteiger partial charge in [-0.05, 0) is 11.5 Å². The molecule has 0 aromatic carbocycles. The topological polar surface area (TPSA) is 59.9 Å².